The number of hydrogen-bond donors (Lipinski definition) is 0. The summed E-state index contributed by atoms with van der Waals surface area (Å²) in [5.41, 5.74) is -0.115. The Balaban J connectivity index is 3.94. The van der Waals surface area contributed by atoms with Gasteiger partial charge in [-0.05, 0) is 34.1 Å². The predicted octanol–water partition coefficient (Wildman–Crippen LogP) is 4.84. The maximum absolute atomic E-state index is 6.11. The van der Waals surface area contributed by atoms with E-state index in [-0.39, 0.29) is 11.1 Å². The fraction of sp³-hybridized carbons (Fsp3) is 1.00. The van der Waals surface area contributed by atoms with Crippen molar-refractivity contribution in [1.29, 1.82) is 0 Å². The van der Waals surface area contributed by atoms with E-state index in [1.54, 1.807) is 7.11 Å². The third-order valence-electron chi connectivity index (χ3n) is 4.41. The third kappa shape index (κ3) is 8.70. The zero-order valence-corrected chi connectivity index (χ0v) is 14.3. The second-order valence-electron chi connectivity index (χ2n) is 6.92. The van der Waals surface area contributed by atoms with E-state index in [9.17, 15) is 0 Å². The molecule has 0 rings (SSSR count). The molecule has 0 bridgehead atoms. The molecule has 19 heavy (non-hydrogen) atoms. The molecule has 0 heterocycles. The molecule has 0 amide bonds. The van der Waals surface area contributed by atoms with Crippen molar-refractivity contribution in [3.05, 3.63) is 0 Å². The van der Waals surface area contributed by atoms with Gasteiger partial charge in [0.1, 0.15) is 0 Å². The molecule has 0 spiro atoms. The van der Waals surface area contributed by atoms with Gasteiger partial charge in [-0.25, -0.2) is 0 Å². The van der Waals surface area contributed by atoms with Gasteiger partial charge in [0.05, 0.1) is 5.60 Å². The normalized spacial score (nSPS) is 12.8. The van der Waals surface area contributed by atoms with E-state index in [0.29, 0.717) is 6.71 Å². The van der Waals surface area contributed by atoms with E-state index in [0.717, 1.165) is 13.0 Å². The summed E-state index contributed by atoms with van der Waals surface area (Å²) in [6.45, 7) is 14.6. The maximum Gasteiger partial charge on any atom is 0.176 e. The van der Waals surface area contributed by atoms with Crippen molar-refractivity contribution in [2.75, 3.05) is 13.7 Å². The molecule has 0 radical (unpaired) electrons. The number of hydrogen-bond acceptors (Lipinski definition) is 2. The summed E-state index contributed by atoms with van der Waals surface area (Å²) in [4.78, 5) is 0. The minimum atomic E-state index is -0.0829. The molecule has 2 nitrogen and oxygen atoms in total. The van der Waals surface area contributed by atoms with Crippen molar-refractivity contribution >= 4 is 6.71 Å². The van der Waals surface area contributed by atoms with Gasteiger partial charge in [-0.3, -0.25) is 0 Å². The molecule has 0 atom stereocenters. The fourth-order valence-electron chi connectivity index (χ4n) is 2.03. The van der Waals surface area contributed by atoms with E-state index in [1.165, 1.54) is 32.0 Å². The molecule has 0 aromatic rings. The van der Waals surface area contributed by atoms with Gasteiger partial charge < -0.3 is 9.47 Å². The van der Waals surface area contributed by atoms with Gasteiger partial charge in [0.2, 0.25) is 0 Å². The van der Waals surface area contributed by atoms with Crippen LogP contribution in [0.2, 0.25) is 13.1 Å². The Bertz CT molecular complexity index is 227. The zero-order chi connectivity index (χ0) is 14.9. The SMILES string of the molecule is CCCCCCB(C)C(C)(C)OCCC(C)(C)OC. The van der Waals surface area contributed by atoms with Crippen molar-refractivity contribution in [3.8, 4) is 0 Å². The Morgan fingerprint density at radius 2 is 1.63 bits per heavy atom. The first kappa shape index (κ1) is 19.0. The first-order chi connectivity index (χ1) is 8.75. The molecule has 0 fully saturated rings. The minimum absolute atomic E-state index is 0.0317. The summed E-state index contributed by atoms with van der Waals surface area (Å²) in [5.74, 6) is 0. The van der Waals surface area contributed by atoms with Crippen LogP contribution < -0.4 is 0 Å². The summed E-state index contributed by atoms with van der Waals surface area (Å²) >= 11 is 0. The molecule has 0 unspecified atom stereocenters. The van der Waals surface area contributed by atoms with E-state index in [1.807, 2.05) is 0 Å². The van der Waals surface area contributed by atoms with Crippen LogP contribution in [0, 0.1) is 0 Å². The Hall–Kier alpha value is -0.0151. The van der Waals surface area contributed by atoms with E-state index >= 15 is 0 Å². The molecule has 0 aromatic heterocycles. The molecular formula is C16H35BO2. The maximum atomic E-state index is 6.11. The van der Waals surface area contributed by atoms with Crippen LogP contribution in [0.5, 0.6) is 0 Å². The molecule has 0 N–H and O–H groups in total. The highest BCUT2D eigenvalue weighted by Gasteiger charge is 2.30. The van der Waals surface area contributed by atoms with E-state index < -0.39 is 0 Å². The molecular weight excluding hydrogens is 235 g/mol. The number of unbranched alkanes of at least 4 members (excludes halogenated alkanes) is 3. The third-order valence-corrected chi connectivity index (χ3v) is 4.41. The molecule has 114 valence electrons. The van der Waals surface area contributed by atoms with Gasteiger partial charge in [0, 0.05) is 19.2 Å². The molecule has 0 aliphatic heterocycles. The van der Waals surface area contributed by atoms with Crippen molar-refractivity contribution in [2.24, 2.45) is 0 Å². The van der Waals surface area contributed by atoms with Gasteiger partial charge in [-0.2, -0.15) is 0 Å². The zero-order valence-electron chi connectivity index (χ0n) is 14.3. The van der Waals surface area contributed by atoms with E-state index in [2.05, 4.69) is 41.4 Å². The smallest absolute Gasteiger partial charge is 0.176 e. The Morgan fingerprint density at radius 3 is 2.16 bits per heavy atom. The lowest BCUT2D eigenvalue weighted by Gasteiger charge is -2.32. The Labute approximate surface area is 121 Å². The second-order valence-corrected chi connectivity index (χ2v) is 6.92. The van der Waals surface area contributed by atoms with Crippen LogP contribution in [-0.2, 0) is 9.47 Å². The van der Waals surface area contributed by atoms with Crippen LogP contribution in [0.15, 0.2) is 0 Å². The summed E-state index contributed by atoms with van der Waals surface area (Å²) in [5, 5.41) is 0. The number of ether oxygens (including phenoxy) is 2. The minimum Gasteiger partial charge on any atom is -0.384 e. The summed E-state index contributed by atoms with van der Waals surface area (Å²) in [6, 6.07) is 0. The lowest BCUT2D eigenvalue weighted by molar-refractivity contribution is -0.0318. The monoisotopic (exact) mass is 270 g/mol. The van der Waals surface area contributed by atoms with Crippen LogP contribution in [0.4, 0.5) is 0 Å². The van der Waals surface area contributed by atoms with Crippen molar-refractivity contribution in [2.45, 2.75) is 91.0 Å². The predicted molar refractivity (Wildman–Crippen MR) is 86.3 cm³/mol. The number of methoxy groups -OCH3 is 1. The fourth-order valence-corrected chi connectivity index (χ4v) is 2.03. The van der Waals surface area contributed by atoms with Crippen molar-refractivity contribution in [3.63, 3.8) is 0 Å². The lowest BCUT2D eigenvalue weighted by Crippen LogP contribution is -2.42. The molecule has 0 aromatic carbocycles. The van der Waals surface area contributed by atoms with Crippen LogP contribution >= 0.6 is 0 Å². The van der Waals surface area contributed by atoms with E-state index in [4.69, 9.17) is 9.47 Å². The largest absolute Gasteiger partial charge is 0.384 e. The lowest BCUT2D eigenvalue weighted by atomic mass is 9.38. The Morgan fingerprint density at radius 1 is 1.00 bits per heavy atom. The van der Waals surface area contributed by atoms with Crippen molar-refractivity contribution < 1.29 is 9.47 Å². The van der Waals surface area contributed by atoms with Gasteiger partial charge in [0.25, 0.3) is 0 Å². The summed E-state index contributed by atoms with van der Waals surface area (Å²) in [7, 11) is 1.77. The highest BCUT2D eigenvalue weighted by molar-refractivity contribution is 6.60. The Kier molecular flexibility index (Phi) is 9.01. The van der Waals surface area contributed by atoms with Crippen LogP contribution in [0.1, 0.15) is 66.7 Å². The van der Waals surface area contributed by atoms with Crippen LogP contribution in [0.25, 0.3) is 0 Å². The number of rotatable bonds is 11. The molecule has 0 saturated carbocycles. The highest BCUT2D eigenvalue weighted by Crippen LogP contribution is 2.22. The van der Waals surface area contributed by atoms with Gasteiger partial charge >= 0.3 is 0 Å². The standard InChI is InChI=1S/C16H35BO2/c1-8-9-10-11-13-17(6)16(4,5)19-14-12-15(2,3)18-7/h8-14H2,1-7H3. The van der Waals surface area contributed by atoms with Gasteiger partial charge in [-0.1, -0.05) is 45.8 Å². The van der Waals surface area contributed by atoms with Crippen molar-refractivity contribution in [1.82, 2.24) is 0 Å². The first-order valence-corrected chi connectivity index (χ1v) is 7.94. The quantitative estimate of drug-likeness (QED) is 0.395. The second kappa shape index (κ2) is 9.02. The average molecular weight is 270 g/mol. The topological polar surface area (TPSA) is 18.5 Å². The highest BCUT2D eigenvalue weighted by atomic mass is 16.5. The van der Waals surface area contributed by atoms with Gasteiger partial charge in [-0.15, -0.1) is 0 Å². The first-order valence-electron chi connectivity index (χ1n) is 7.94. The van der Waals surface area contributed by atoms with Crippen LogP contribution in [-0.4, -0.2) is 31.5 Å². The molecule has 3 heteroatoms. The molecule has 0 aliphatic rings. The molecule has 0 saturated heterocycles. The van der Waals surface area contributed by atoms with Crippen LogP contribution in [0.3, 0.4) is 0 Å². The molecule has 0 aliphatic carbocycles. The summed E-state index contributed by atoms with van der Waals surface area (Å²) in [6.07, 6.45) is 7.55. The van der Waals surface area contributed by atoms with Gasteiger partial charge in [0.15, 0.2) is 6.71 Å². The summed E-state index contributed by atoms with van der Waals surface area (Å²) < 4.78 is 11.5. The average Bonchev–Trinajstić information content (AvgIpc) is 2.33.